The van der Waals surface area contributed by atoms with Crippen molar-refractivity contribution in [3.05, 3.63) is 12.7 Å². The average molecular weight is 171 g/mol. The molecule has 0 rings (SSSR count). The second-order valence-electron chi connectivity index (χ2n) is 4.13. The smallest absolute Gasteiger partial charge is 0.0446 e. The van der Waals surface area contributed by atoms with Crippen molar-refractivity contribution >= 4 is 0 Å². The molecule has 0 saturated heterocycles. The molecule has 0 saturated carbocycles. The highest BCUT2D eigenvalue weighted by Crippen LogP contribution is 2.21. The van der Waals surface area contributed by atoms with Crippen LogP contribution in [0.2, 0.25) is 0 Å². The molecule has 0 aromatic heterocycles. The topological polar surface area (TPSA) is 32.3 Å². The van der Waals surface area contributed by atoms with Gasteiger partial charge in [0.05, 0.1) is 0 Å². The number of hydrogen-bond acceptors (Lipinski definition) is 2. The summed E-state index contributed by atoms with van der Waals surface area (Å²) in [4.78, 5) is 0. The molecule has 0 aliphatic heterocycles. The third-order valence-corrected chi connectivity index (χ3v) is 1.97. The highest BCUT2D eigenvalue weighted by molar-refractivity contribution is 4.83. The summed E-state index contributed by atoms with van der Waals surface area (Å²) in [6.07, 6.45) is 2.65. The molecule has 2 heteroatoms. The van der Waals surface area contributed by atoms with Crippen molar-refractivity contribution in [3.8, 4) is 0 Å². The Balaban J connectivity index is 3.94. The van der Waals surface area contributed by atoms with Gasteiger partial charge in [0.1, 0.15) is 0 Å². The second kappa shape index (κ2) is 5.33. The van der Waals surface area contributed by atoms with Crippen molar-refractivity contribution in [2.24, 2.45) is 5.41 Å². The molecule has 0 bridgehead atoms. The van der Waals surface area contributed by atoms with Gasteiger partial charge >= 0.3 is 0 Å². The quantitative estimate of drug-likeness (QED) is 0.615. The molecule has 0 aliphatic carbocycles. The third kappa shape index (κ3) is 4.52. The maximum absolute atomic E-state index is 8.83. The molecule has 1 unspecified atom stereocenters. The number of aliphatic hydroxyl groups excluding tert-OH is 1. The van der Waals surface area contributed by atoms with Gasteiger partial charge in [-0.2, -0.15) is 0 Å². The van der Waals surface area contributed by atoms with Crippen molar-refractivity contribution in [2.45, 2.75) is 33.2 Å². The number of aliphatic hydroxyl groups is 1. The van der Waals surface area contributed by atoms with E-state index in [4.69, 9.17) is 5.11 Å². The molecule has 0 aliphatic rings. The lowest BCUT2D eigenvalue weighted by atomic mass is 9.85. The summed E-state index contributed by atoms with van der Waals surface area (Å²) in [5.41, 5.74) is 0.200. The fraction of sp³-hybridized carbons (Fsp3) is 0.800. The normalized spacial score (nSPS) is 14.3. The van der Waals surface area contributed by atoms with Crippen molar-refractivity contribution < 1.29 is 5.11 Å². The maximum Gasteiger partial charge on any atom is 0.0446 e. The zero-order valence-corrected chi connectivity index (χ0v) is 8.43. The number of hydrogen-bond donors (Lipinski definition) is 2. The molecule has 0 aromatic carbocycles. The summed E-state index contributed by atoms with van der Waals surface area (Å²) in [6, 6.07) is 0.362. The Morgan fingerprint density at radius 1 is 1.50 bits per heavy atom. The summed E-state index contributed by atoms with van der Waals surface area (Å²) < 4.78 is 0. The molecule has 0 spiro atoms. The molecule has 2 N–H and O–H groups in total. The summed E-state index contributed by atoms with van der Waals surface area (Å²) in [5, 5.41) is 12.2. The van der Waals surface area contributed by atoms with Crippen LogP contribution in [0.3, 0.4) is 0 Å². The van der Waals surface area contributed by atoms with Crippen molar-refractivity contribution in [3.63, 3.8) is 0 Å². The third-order valence-electron chi connectivity index (χ3n) is 1.97. The lowest BCUT2D eigenvalue weighted by Gasteiger charge is -2.30. The lowest BCUT2D eigenvalue weighted by Crippen LogP contribution is -2.41. The lowest BCUT2D eigenvalue weighted by molar-refractivity contribution is 0.201. The SMILES string of the molecule is C=CCNC(CCO)C(C)(C)C. The van der Waals surface area contributed by atoms with Crippen molar-refractivity contribution in [1.82, 2.24) is 5.32 Å². The van der Waals surface area contributed by atoms with E-state index in [1.165, 1.54) is 0 Å². The van der Waals surface area contributed by atoms with E-state index < -0.39 is 0 Å². The summed E-state index contributed by atoms with van der Waals surface area (Å²) in [7, 11) is 0. The molecule has 2 nitrogen and oxygen atoms in total. The van der Waals surface area contributed by atoms with Gasteiger partial charge < -0.3 is 10.4 Å². The van der Waals surface area contributed by atoms with Gasteiger partial charge in [0.15, 0.2) is 0 Å². The van der Waals surface area contributed by atoms with Gasteiger partial charge in [-0.25, -0.2) is 0 Å². The summed E-state index contributed by atoms with van der Waals surface area (Å²) in [6.45, 7) is 11.2. The van der Waals surface area contributed by atoms with Crippen LogP contribution in [-0.2, 0) is 0 Å². The van der Waals surface area contributed by atoms with Crippen molar-refractivity contribution in [2.75, 3.05) is 13.2 Å². The molecule has 0 amide bonds. The molecular formula is C10H21NO. The van der Waals surface area contributed by atoms with Gasteiger partial charge in [-0.1, -0.05) is 26.8 Å². The van der Waals surface area contributed by atoms with Gasteiger partial charge in [-0.3, -0.25) is 0 Å². The zero-order chi connectivity index (χ0) is 9.61. The van der Waals surface area contributed by atoms with Gasteiger partial charge in [0.2, 0.25) is 0 Å². The fourth-order valence-corrected chi connectivity index (χ4v) is 1.20. The van der Waals surface area contributed by atoms with Crippen LogP contribution >= 0.6 is 0 Å². The number of nitrogens with one attached hydrogen (secondary N) is 1. The van der Waals surface area contributed by atoms with Crippen LogP contribution in [0.4, 0.5) is 0 Å². The number of rotatable bonds is 5. The van der Waals surface area contributed by atoms with E-state index in [0.717, 1.165) is 13.0 Å². The molecule has 12 heavy (non-hydrogen) atoms. The van der Waals surface area contributed by atoms with Gasteiger partial charge in [-0.05, 0) is 11.8 Å². The second-order valence-corrected chi connectivity index (χ2v) is 4.13. The van der Waals surface area contributed by atoms with Gasteiger partial charge in [0, 0.05) is 19.2 Å². The Morgan fingerprint density at radius 3 is 2.42 bits per heavy atom. The van der Waals surface area contributed by atoms with Crippen LogP contribution in [0.25, 0.3) is 0 Å². The molecule has 72 valence electrons. The summed E-state index contributed by atoms with van der Waals surface area (Å²) >= 11 is 0. The van der Waals surface area contributed by atoms with E-state index in [-0.39, 0.29) is 12.0 Å². The standard InChI is InChI=1S/C10H21NO/c1-5-7-11-9(6-8-12)10(2,3)4/h5,9,11-12H,1,6-8H2,2-4H3. The molecule has 0 heterocycles. The Kier molecular flexibility index (Phi) is 5.18. The first-order valence-electron chi connectivity index (χ1n) is 4.47. The van der Waals surface area contributed by atoms with E-state index in [1.807, 2.05) is 6.08 Å². The van der Waals surface area contributed by atoms with Crippen LogP contribution in [0.5, 0.6) is 0 Å². The molecule has 0 radical (unpaired) electrons. The largest absolute Gasteiger partial charge is 0.396 e. The Hall–Kier alpha value is -0.340. The van der Waals surface area contributed by atoms with Gasteiger partial charge in [0.25, 0.3) is 0 Å². The Labute approximate surface area is 75.7 Å². The summed E-state index contributed by atoms with van der Waals surface area (Å²) in [5.74, 6) is 0. The molecule has 1 atom stereocenters. The van der Waals surface area contributed by atoms with Crippen molar-refractivity contribution in [1.29, 1.82) is 0 Å². The first-order chi connectivity index (χ1) is 5.52. The van der Waals surface area contributed by atoms with E-state index in [9.17, 15) is 0 Å². The Bertz CT molecular complexity index is 126. The van der Waals surface area contributed by atoms with Crippen LogP contribution in [0.1, 0.15) is 27.2 Å². The predicted molar refractivity (Wildman–Crippen MR) is 53.1 cm³/mol. The maximum atomic E-state index is 8.83. The first kappa shape index (κ1) is 11.7. The Morgan fingerprint density at radius 2 is 2.08 bits per heavy atom. The average Bonchev–Trinajstić information content (AvgIpc) is 1.95. The molecule has 0 fully saturated rings. The van der Waals surface area contributed by atoms with E-state index in [2.05, 4.69) is 32.7 Å². The van der Waals surface area contributed by atoms with Crippen LogP contribution in [-0.4, -0.2) is 24.3 Å². The van der Waals surface area contributed by atoms with Crippen LogP contribution < -0.4 is 5.32 Å². The monoisotopic (exact) mass is 171 g/mol. The minimum absolute atomic E-state index is 0.200. The predicted octanol–water partition coefficient (Wildman–Crippen LogP) is 1.56. The highest BCUT2D eigenvalue weighted by Gasteiger charge is 2.22. The van der Waals surface area contributed by atoms with E-state index >= 15 is 0 Å². The van der Waals surface area contributed by atoms with Gasteiger partial charge in [-0.15, -0.1) is 6.58 Å². The van der Waals surface area contributed by atoms with Crippen LogP contribution in [0.15, 0.2) is 12.7 Å². The van der Waals surface area contributed by atoms with Crippen LogP contribution in [0, 0.1) is 5.41 Å². The fourth-order valence-electron chi connectivity index (χ4n) is 1.20. The molecular weight excluding hydrogens is 150 g/mol. The van der Waals surface area contributed by atoms with E-state index in [0.29, 0.717) is 6.04 Å². The minimum Gasteiger partial charge on any atom is -0.396 e. The first-order valence-corrected chi connectivity index (χ1v) is 4.47. The van der Waals surface area contributed by atoms with E-state index in [1.54, 1.807) is 0 Å². The zero-order valence-electron chi connectivity index (χ0n) is 8.43. The minimum atomic E-state index is 0.200. The molecule has 0 aromatic rings. The highest BCUT2D eigenvalue weighted by atomic mass is 16.3.